The van der Waals surface area contributed by atoms with Gasteiger partial charge in [0.25, 0.3) is 11.8 Å². The fourth-order valence-electron chi connectivity index (χ4n) is 3.31. The van der Waals surface area contributed by atoms with Crippen LogP contribution in [0.4, 0.5) is 11.5 Å². The lowest BCUT2D eigenvalue weighted by atomic mass is 10.2. The first kappa shape index (κ1) is 20.7. The minimum absolute atomic E-state index is 0.258. The molecule has 166 valence electrons. The predicted octanol–water partition coefficient (Wildman–Crippen LogP) is 3.30. The number of nitrogens with one attached hydrogen (secondary N) is 2. The zero-order chi connectivity index (χ0) is 22.5. The minimum atomic E-state index is -0.289. The number of hydrogen-bond acceptors (Lipinski definition) is 9. The number of nitrogens with zero attached hydrogens (tertiary/aromatic N) is 6. The smallest absolute Gasteiger partial charge is 0.273 e. The van der Waals surface area contributed by atoms with E-state index >= 15 is 0 Å². The molecule has 5 rings (SSSR count). The van der Waals surface area contributed by atoms with Gasteiger partial charge < -0.3 is 15.2 Å². The molecular weight excluding hydrogens is 420 g/mol. The van der Waals surface area contributed by atoms with E-state index in [4.69, 9.17) is 4.52 Å². The van der Waals surface area contributed by atoms with Crippen LogP contribution in [0.25, 0.3) is 11.5 Å². The highest BCUT2D eigenvalue weighted by molar-refractivity contribution is 5.97. The standard InChI is InChI=1S/C23H22N8O2/c32-22(26-10-4-7-19-30-23(33-31-19)16-5-2-1-3-6-16)20-21(28-17-11-24-14-25-12-17)27-13-18(29-20)15-8-9-15/h1-3,5-6,11-15H,4,7-10H2,(H,26,32)(H,27,28). The van der Waals surface area contributed by atoms with Crippen LogP contribution in [0, 0.1) is 0 Å². The second-order valence-corrected chi connectivity index (χ2v) is 7.76. The number of aryl methyl sites for hydroxylation is 1. The molecule has 0 spiro atoms. The van der Waals surface area contributed by atoms with E-state index in [-0.39, 0.29) is 11.6 Å². The van der Waals surface area contributed by atoms with Crippen LogP contribution >= 0.6 is 0 Å². The molecule has 1 aromatic carbocycles. The molecule has 0 saturated heterocycles. The molecule has 1 aliphatic carbocycles. The molecule has 3 heterocycles. The number of anilines is 2. The maximum absolute atomic E-state index is 12.9. The van der Waals surface area contributed by atoms with Crippen LogP contribution in [0.15, 0.2) is 59.8 Å². The second-order valence-electron chi connectivity index (χ2n) is 7.76. The molecule has 33 heavy (non-hydrogen) atoms. The van der Waals surface area contributed by atoms with Crippen molar-refractivity contribution in [2.24, 2.45) is 0 Å². The van der Waals surface area contributed by atoms with Crippen molar-refractivity contribution in [1.82, 2.24) is 35.4 Å². The van der Waals surface area contributed by atoms with Crippen LogP contribution in [-0.4, -0.2) is 42.5 Å². The second kappa shape index (κ2) is 9.51. The van der Waals surface area contributed by atoms with Crippen LogP contribution in [0.2, 0.25) is 0 Å². The molecule has 0 bridgehead atoms. The Morgan fingerprint density at radius 1 is 1.06 bits per heavy atom. The number of aromatic nitrogens is 6. The third kappa shape index (κ3) is 5.17. The number of rotatable bonds is 9. The maximum atomic E-state index is 12.9. The largest absolute Gasteiger partial charge is 0.351 e. The lowest BCUT2D eigenvalue weighted by molar-refractivity contribution is 0.0948. The average Bonchev–Trinajstić information content (AvgIpc) is 3.61. The maximum Gasteiger partial charge on any atom is 0.273 e. The molecule has 1 saturated carbocycles. The minimum Gasteiger partial charge on any atom is -0.351 e. The molecule has 2 N–H and O–H groups in total. The first-order valence-corrected chi connectivity index (χ1v) is 10.8. The number of amides is 1. The summed E-state index contributed by atoms with van der Waals surface area (Å²) in [6, 6.07) is 9.61. The molecule has 10 heteroatoms. The summed E-state index contributed by atoms with van der Waals surface area (Å²) in [6.45, 7) is 0.442. The van der Waals surface area contributed by atoms with E-state index in [9.17, 15) is 4.79 Å². The van der Waals surface area contributed by atoms with Crippen LogP contribution in [0.1, 0.15) is 47.2 Å². The van der Waals surface area contributed by atoms with Crippen molar-refractivity contribution in [3.05, 3.63) is 72.5 Å². The molecule has 0 aliphatic heterocycles. The van der Waals surface area contributed by atoms with Crippen LogP contribution < -0.4 is 10.6 Å². The molecule has 3 aromatic heterocycles. The lowest BCUT2D eigenvalue weighted by Crippen LogP contribution is -2.27. The molecule has 0 unspecified atom stereocenters. The van der Waals surface area contributed by atoms with Gasteiger partial charge >= 0.3 is 0 Å². The Bertz CT molecular complexity index is 1230. The fourth-order valence-corrected chi connectivity index (χ4v) is 3.31. The van der Waals surface area contributed by atoms with E-state index in [2.05, 4.69) is 40.7 Å². The topological polar surface area (TPSA) is 132 Å². The Morgan fingerprint density at radius 3 is 2.67 bits per heavy atom. The van der Waals surface area contributed by atoms with Crippen LogP contribution in [0.3, 0.4) is 0 Å². The zero-order valence-electron chi connectivity index (χ0n) is 17.8. The summed E-state index contributed by atoms with van der Waals surface area (Å²) < 4.78 is 5.33. The quantitative estimate of drug-likeness (QED) is 0.375. The van der Waals surface area contributed by atoms with E-state index in [1.807, 2.05) is 30.3 Å². The predicted molar refractivity (Wildman–Crippen MR) is 120 cm³/mol. The van der Waals surface area contributed by atoms with E-state index < -0.39 is 0 Å². The molecule has 1 amide bonds. The normalized spacial score (nSPS) is 13.0. The molecular formula is C23H22N8O2. The average molecular weight is 442 g/mol. The van der Waals surface area contributed by atoms with Crippen molar-refractivity contribution in [2.45, 2.75) is 31.6 Å². The molecule has 0 atom stereocenters. The third-order valence-electron chi connectivity index (χ3n) is 5.18. The van der Waals surface area contributed by atoms with Crippen molar-refractivity contribution < 1.29 is 9.32 Å². The monoisotopic (exact) mass is 442 g/mol. The van der Waals surface area contributed by atoms with Crippen molar-refractivity contribution >= 4 is 17.4 Å². The van der Waals surface area contributed by atoms with E-state index in [1.165, 1.54) is 6.33 Å². The summed E-state index contributed by atoms with van der Waals surface area (Å²) in [5.74, 6) is 1.56. The summed E-state index contributed by atoms with van der Waals surface area (Å²) in [4.78, 5) is 34.3. The Hall–Kier alpha value is -4.21. The van der Waals surface area contributed by atoms with Gasteiger partial charge in [0.15, 0.2) is 17.3 Å². The van der Waals surface area contributed by atoms with Gasteiger partial charge in [-0.3, -0.25) is 4.79 Å². The highest BCUT2D eigenvalue weighted by Gasteiger charge is 2.27. The van der Waals surface area contributed by atoms with Crippen molar-refractivity contribution in [3.8, 4) is 11.5 Å². The Kier molecular flexibility index (Phi) is 5.96. The van der Waals surface area contributed by atoms with Gasteiger partial charge in [-0.2, -0.15) is 4.98 Å². The van der Waals surface area contributed by atoms with Gasteiger partial charge in [0.05, 0.1) is 30.0 Å². The summed E-state index contributed by atoms with van der Waals surface area (Å²) >= 11 is 0. The fraction of sp³-hybridized carbons (Fsp3) is 0.261. The Labute approximate surface area is 189 Å². The highest BCUT2D eigenvalue weighted by atomic mass is 16.5. The number of hydrogen-bond donors (Lipinski definition) is 2. The van der Waals surface area contributed by atoms with Gasteiger partial charge in [-0.1, -0.05) is 23.4 Å². The van der Waals surface area contributed by atoms with Crippen molar-refractivity contribution in [2.75, 3.05) is 11.9 Å². The number of carbonyl (C=O) groups is 1. The summed E-state index contributed by atoms with van der Waals surface area (Å²) in [5, 5.41) is 10.0. The Balaban J connectivity index is 1.20. The molecule has 10 nitrogen and oxygen atoms in total. The van der Waals surface area contributed by atoms with Gasteiger partial charge in [-0.15, -0.1) is 0 Å². The van der Waals surface area contributed by atoms with Gasteiger partial charge in [-0.05, 0) is 31.4 Å². The SMILES string of the molecule is O=C(NCCCc1noc(-c2ccccc2)n1)c1nc(C2CC2)cnc1Nc1cncnc1. The van der Waals surface area contributed by atoms with Crippen LogP contribution in [0.5, 0.6) is 0 Å². The third-order valence-corrected chi connectivity index (χ3v) is 5.18. The number of benzene rings is 1. The van der Waals surface area contributed by atoms with Gasteiger partial charge in [0, 0.05) is 24.4 Å². The molecule has 1 fully saturated rings. The zero-order valence-corrected chi connectivity index (χ0v) is 17.8. The lowest BCUT2D eigenvalue weighted by Gasteiger charge is -2.11. The molecule has 0 radical (unpaired) electrons. The van der Waals surface area contributed by atoms with E-state index in [1.54, 1.807) is 18.6 Å². The van der Waals surface area contributed by atoms with Crippen molar-refractivity contribution in [1.29, 1.82) is 0 Å². The summed E-state index contributed by atoms with van der Waals surface area (Å²) in [6.07, 6.45) is 9.77. The first-order chi connectivity index (χ1) is 16.3. The Morgan fingerprint density at radius 2 is 1.88 bits per heavy atom. The van der Waals surface area contributed by atoms with Crippen molar-refractivity contribution in [3.63, 3.8) is 0 Å². The van der Waals surface area contributed by atoms with E-state index in [0.29, 0.717) is 48.5 Å². The van der Waals surface area contributed by atoms with Gasteiger partial charge in [0.2, 0.25) is 0 Å². The van der Waals surface area contributed by atoms with Crippen LogP contribution in [-0.2, 0) is 6.42 Å². The summed E-state index contributed by atoms with van der Waals surface area (Å²) in [7, 11) is 0. The van der Waals surface area contributed by atoms with E-state index in [0.717, 1.165) is 24.1 Å². The number of carbonyl (C=O) groups excluding carboxylic acids is 1. The molecule has 1 aliphatic rings. The summed E-state index contributed by atoms with van der Waals surface area (Å²) in [5.41, 5.74) is 2.61. The van der Waals surface area contributed by atoms with Gasteiger partial charge in [-0.25, -0.2) is 19.9 Å². The van der Waals surface area contributed by atoms with Gasteiger partial charge in [0.1, 0.15) is 6.33 Å². The molecule has 4 aromatic rings. The highest BCUT2D eigenvalue weighted by Crippen LogP contribution is 2.39. The first-order valence-electron chi connectivity index (χ1n) is 10.8.